The maximum absolute atomic E-state index is 13.3. The summed E-state index contributed by atoms with van der Waals surface area (Å²) in [5, 5.41) is 20.9. The number of nitro groups is 1. The Morgan fingerprint density at radius 2 is 1.88 bits per heavy atom. The number of nitro benzene ring substituents is 1. The number of fused-ring (bicyclic) bond motifs is 1. The van der Waals surface area contributed by atoms with Crippen LogP contribution < -0.4 is 10.6 Å². The smallest absolute Gasteiger partial charge is 0.328 e. The van der Waals surface area contributed by atoms with Crippen LogP contribution >= 0.6 is 11.6 Å². The quantitative estimate of drug-likeness (QED) is 0.411. The lowest BCUT2D eigenvalue weighted by atomic mass is 9.93. The number of nitrogens with zero attached hydrogens (tertiary/aromatic N) is 4. The zero-order valence-electron chi connectivity index (χ0n) is 16.7. The van der Waals surface area contributed by atoms with Gasteiger partial charge in [0.1, 0.15) is 6.04 Å². The standard InChI is InChI=1S/C20H14ClF3N6O3/c1-10-15(17(31)26-12-8-6-11(21)7-9-12)16(13-4-2-3-5-14(13)30(32)33)29-19(25-10)27-18(28-29)20(22,23)24/h2-9,16H,1H3,(H,26,31)(H,25,27,28)/t16-/m0/s1. The predicted octanol–water partition coefficient (Wildman–Crippen LogP) is 4.79. The highest BCUT2D eigenvalue weighted by Crippen LogP contribution is 2.40. The zero-order valence-corrected chi connectivity index (χ0v) is 17.5. The van der Waals surface area contributed by atoms with Crippen LogP contribution in [0.3, 0.4) is 0 Å². The number of benzene rings is 2. The molecule has 0 radical (unpaired) electrons. The maximum atomic E-state index is 13.3. The van der Waals surface area contributed by atoms with Crippen molar-refractivity contribution in [1.82, 2.24) is 14.8 Å². The van der Waals surface area contributed by atoms with Crippen molar-refractivity contribution in [2.45, 2.75) is 19.1 Å². The fourth-order valence-electron chi connectivity index (χ4n) is 3.47. The number of halogens is 4. The first kappa shape index (κ1) is 22.3. The molecule has 1 aliphatic heterocycles. The molecule has 13 heteroatoms. The van der Waals surface area contributed by atoms with E-state index in [0.29, 0.717) is 10.7 Å². The largest absolute Gasteiger partial charge is 0.453 e. The lowest BCUT2D eigenvalue weighted by molar-refractivity contribution is -0.385. The van der Waals surface area contributed by atoms with E-state index in [9.17, 15) is 28.1 Å². The number of rotatable bonds is 4. The number of aromatic nitrogens is 3. The number of amides is 1. The molecule has 2 N–H and O–H groups in total. The van der Waals surface area contributed by atoms with Crippen molar-refractivity contribution in [2.24, 2.45) is 0 Å². The summed E-state index contributed by atoms with van der Waals surface area (Å²) < 4.78 is 40.7. The van der Waals surface area contributed by atoms with Crippen molar-refractivity contribution in [2.75, 3.05) is 10.6 Å². The second-order valence-corrected chi connectivity index (χ2v) is 7.48. The van der Waals surface area contributed by atoms with E-state index < -0.39 is 28.9 Å². The molecule has 3 aromatic rings. The maximum Gasteiger partial charge on any atom is 0.453 e. The number of para-hydroxylation sites is 1. The zero-order chi connectivity index (χ0) is 23.9. The fourth-order valence-corrected chi connectivity index (χ4v) is 3.60. The van der Waals surface area contributed by atoms with Crippen LogP contribution in [0.15, 0.2) is 59.8 Å². The minimum absolute atomic E-state index is 0.0236. The number of carbonyl (C=O) groups is 1. The molecular weight excluding hydrogens is 465 g/mol. The molecule has 9 nitrogen and oxygen atoms in total. The minimum atomic E-state index is -4.86. The molecule has 33 heavy (non-hydrogen) atoms. The minimum Gasteiger partial charge on any atom is -0.328 e. The van der Waals surface area contributed by atoms with Crippen molar-refractivity contribution in [3.05, 3.63) is 86.3 Å². The van der Waals surface area contributed by atoms with E-state index in [-0.39, 0.29) is 28.5 Å². The Hall–Kier alpha value is -3.93. The van der Waals surface area contributed by atoms with Gasteiger partial charge in [0.25, 0.3) is 17.4 Å². The Balaban J connectivity index is 1.87. The van der Waals surface area contributed by atoms with Crippen LogP contribution in [0.25, 0.3) is 0 Å². The molecule has 2 aromatic carbocycles. The number of alkyl halides is 3. The number of allylic oxidation sites excluding steroid dienone is 1. The molecule has 0 unspecified atom stereocenters. The molecule has 0 aliphatic carbocycles. The molecule has 2 heterocycles. The Kier molecular flexibility index (Phi) is 5.54. The molecule has 1 atom stereocenters. The third kappa shape index (κ3) is 4.24. The van der Waals surface area contributed by atoms with Crippen molar-refractivity contribution < 1.29 is 22.9 Å². The van der Waals surface area contributed by atoms with E-state index in [1.54, 1.807) is 12.1 Å². The number of carbonyl (C=O) groups excluding carboxylic acids is 1. The number of nitrogens with one attached hydrogen (secondary N) is 2. The normalized spacial score (nSPS) is 15.6. The Bertz CT molecular complexity index is 1290. The van der Waals surface area contributed by atoms with Crippen LogP contribution in [0.4, 0.5) is 30.5 Å². The van der Waals surface area contributed by atoms with Gasteiger partial charge in [0.05, 0.1) is 16.1 Å². The third-order valence-electron chi connectivity index (χ3n) is 4.88. The molecule has 0 fully saturated rings. The van der Waals surface area contributed by atoms with Crippen molar-refractivity contribution in [1.29, 1.82) is 0 Å². The summed E-state index contributed by atoms with van der Waals surface area (Å²) in [5.74, 6) is -2.44. The van der Waals surface area contributed by atoms with Crippen molar-refractivity contribution in [3.8, 4) is 0 Å². The van der Waals surface area contributed by atoms with Crippen LogP contribution in [0.1, 0.15) is 24.4 Å². The highest BCUT2D eigenvalue weighted by Gasteiger charge is 2.42. The van der Waals surface area contributed by atoms with Crippen molar-refractivity contribution in [3.63, 3.8) is 0 Å². The number of hydrogen-bond acceptors (Lipinski definition) is 6. The molecule has 4 rings (SSSR count). The van der Waals surface area contributed by atoms with E-state index >= 15 is 0 Å². The first-order valence-corrected chi connectivity index (χ1v) is 9.76. The van der Waals surface area contributed by atoms with E-state index in [1.165, 1.54) is 43.3 Å². The SMILES string of the molecule is CC1=C(C(=O)Nc2ccc(Cl)cc2)[C@H](c2ccccc2[N+](=O)[O-])n2nc(C(F)(F)F)nc2N1. The monoisotopic (exact) mass is 478 g/mol. The fraction of sp³-hybridized carbons (Fsp3) is 0.150. The van der Waals surface area contributed by atoms with E-state index in [1.807, 2.05) is 0 Å². The predicted molar refractivity (Wildman–Crippen MR) is 113 cm³/mol. The Morgan fingerprint density at radius 3 is 2.52 bits per heavy atom. The second kappa shape index (κ2) is 8.20. The summed E-state index contributed by atoms with van der Waals surface area (Å²) in [6.07, 6.45) is -4.86. The van der Waals surface area contributed by atoms with E-state index in [4.69, 9.17) is 11.6 Å². The van der Waals surface area contributed by atoms with Crippen LogP contribution in [0.2, 0.25) is 5.02 Å². The van der Waals surface area contributed by atoms with Gasteiger partial charge in [-0.25, -0.2) is 4.68 Å². The first-order chi connectivity index (χ1) is 15.6. The van der Waals surface area contributed by atoms with Crippen LogP contribution in [-0.4, -0.2) is 25.6 Å². The summed E-state index contributed by atoms with van der Waals surface area (Å²) in [5.41, 5.74) is 0.0588. The summed E-state index contributed by atoms with van der Waals surface area (Å²) in [6.45, 7) is 1.46. The van der Waals surface area contributed by atoms with Gasteiger partial charge in [-0.3, -0.25) is 14.9 Å². The van der Waals surface area contributed by atoms with Gasteiger partial charge in [-0.15, -0.1) is 5.10 Å². The molecule has 0 saturated carbocycles. The molecule has 0 spiro atoms. The lowest BCUT2D eigenvalue weighted by Gasteiger charge is -2.28. The van der Waals surface area contributed by atoms with Gasteiger partial charge in [0.15, 0.2) is 0 Å². The number of hydrogen-bond donors (Lipinski definition) is 2. The lowest BCUT2D eigenvalue weighted by Crippen LogP contribution is -2.32. The third-order valence-corrected chi connectivity index (χ3v) is 5.13. The van der Waals surface area contributed by atoms with Crippen LogP contribution in [0, 0.1) is 10.1 Å². The van der Waals surface area contributed by atoms with Gasteiger partial charge >= 0.3 is 6.18 Å². The van der Waals surface area contributed by atoms with Gasteiger partial charge in [-0.1, -0.05) is 23.7 Å². The van der Waals surface area contributed by atoms with Gasteiger partial charge in [0.2, 0.25) is 5.95 Å². The molecular formula is C20H14ClF3N6O3. The summed E-state index contributed by atoms with van der Waals surface area (Å²) >= 11 is 5.86. The Labute approximate surface area is 189 Å². The second-order valence-electron chi connectivity index (χ2n) is 7.04. The summed E-state index contributed by atoms with van der Waals surface area (Å²) in [4.78, 5) is 27.7. The highest BCUT2D eigenvalue weighted by atomic mass is 35.5. The molecule has 1 aliphatic rings. The van der Waals surface area contributed by atoms with E-state index in [2.05, 4.69) is 20.7 Å². The van der Waals surface area contributed by atoms with Gasteiger partial charge < -0.3 is 10.6 Å². The summed E-state index contributed by atoms with van der Waals surface area (Å²) in [6, 6.07) is 10.3. The average Bonchev–Trinajstić information content (AvgIpc) is 3.18. The topological polar surface area (TPSA) is 115 Å². The summed E-state index contributed by atoms with van der Waals surface area (Å²) in [7, 11) is 0. The molecule has 0 saturated heterocycles. The molecule has 1 aromatic heterocycles. The number of anilines is 2. The molecule has 0 bridgehead atoms. The van der Waals surface area contributed by atoms with Crippen LogP contribution in [0.5, 0.6) is 0 Å². The highest BCUT2D eigenvalue weighted by molar-refractivity contribution is 6.30. The Morgan fingerprint density at radius 1 is 1.21 bits per heavy atom. The first-order valence-electron chi connectivity index (χ1n) is 9.38. The van der Waals surface area contributed by atoms with Gasteiger partial charge in [-0.2, -0.15) is 18.2 Å². The van der Waals surface area contributed by atoms with E-state index in [0.717, 1.165) is 4.68 Å². The van der Waals surface area contributed by atoms with Gasteiger partial charge in [0, 0.05) is 22.5 Å². The molecule has 170 valence electrons. The average molecular weight is 479 g/mol. The van der Waals surface area contributed by atoms with Gasteiger partial charge in [-0.05, 0) is 37.3 Å². The van der Waals surface area contributed by atoms with Crippen molar-refractivity contribution >= 4 is 34.8 Å². The molecule has 1 amide bonds. The van der Waals surface area contributed by atoms with Crippen LogP contribution in [-0.2, 0) is 11.0 Å².